The van der Waals surface area contributed by atoms with E-state index >= 15 is 0 Å². The molecule has 2 nitrogen and oxygen atoms in total. The van der Waals surface area contributed by atoms with Gasteiger partial charge in [0.1, 0.15) is 0 Å². The summed E-state index contributed by atoms with van der Waals surface area (Å²) in [4.78, 5) is 2.67. The molecule has 1 aliphatic heterocycles. The maximum absolute atomic E-state index is 3.70. The highest BCUT2D eigenvalue weighted by atomic mass is 15.2. The van der Waals surface area contributed by atoms with Crippen molar-refractivity contribution < 1.29 is 0 Å². The number of benzene rings is 1. The van der Waals surface area contributed by atoms with Crippen LogP contribution >= 0.6 is 0 Å². The van der Waals surface area contributed by atoms with Crippen LogP contribution in [0.15, 0.2) is 30.3 Å². The predicted octanol–water partition coefficient (Wildman–Crippen LogP) is 3.21. The Hall–Kier alpha value is -0.860. The predicted molar refractivity (Wildman–Crippen MR) is 80.2 cm³/mol. The molecular formula is C17H26N2. The standard InChI is InChI=1S/C17H26N2/c1-2-7-16(8-3-1)17-14-19(13-5-11-18-17)12-4-6-15-9-10-15/h1-3,7-8,15,17-18H,4-6,9-14H2. The maximum atomic E-state index is 3.70. The molecule has 1 aromatic rings. The summed E-state index contributed by atoms with van der Waals surface area (Å²) in [7, 11) is 0. The van der Waals surface area contributed by atoms with Crippen LogP contribution in [0.3, 0.4) is 0 Å². The molecule has 1 saturated heterocycles. The first-order chi connectivity index (χ1) is 9.42. The van der Waals surface area contributed by atoms with Gasteiger partial charge in [-0.05, 0) is 50.4 Å². The fraction of sp³-hybridized carbons (Fsp3) is 0.647. The van der Waals surface area contributed by atoms with Crippen LogP contribution in [-0.2, 0) is 0 Å². The molecular weight excluding hydrogens is 232 g/mol. The Labute approximate surface area is 117 Å². The molecule has 1 aromatic carbocycles. The average Bonchev–Trinajstić information content (AvgIpc) is 3.27. The summed E-state index contributed by atoms with van der Waals surface area (Å²) in [6.45, 7) is 4.88. The van der Waals surface area contributed by atoms with Crippen molar-refractivity contribution in [1.82, 2.24) is 10.2 Å². The van der Waals surface area contributed by atoms with Gasteiger partial charge in [0.2, 0.25) is 0 Å². The quantitative estimate of drug-likeness (QED) is 0.872. The lowest BCUT2D eigenvalue weighted by Gasteiger charge is -2.24. The SMILES string of the molecule is c1ccc(C2CN(CCCC3CC3)CCCN2)cc1. The molecule has 0 bridgehead atoms. The molecule has 3 rings (SSSR count). The van der Waals surface area contributed by atoms with Crippen LogP contribution in [0.2, 0.25) is 0 Å². The molecule has 19 heavy (non-hydrogen) atoms. The van der Waals surface area contributed by atoms with Crippen LogP contribution in [0.5, 0.6) is 0 Å². The molecule has 1 aliphatic carbocycles. The Bertz CT molecular complexity index is 372. The zero-order valence-corrected chi connectivity index (χ0v) is 11.9. The second kappa shape index (κ2) is 6.53. The Morgan fingerprint density at radius 2 is 2.00 bits per heavy atom. The van der Waals surface area contributed by atoms with Crippen LogP contribution in [-0.4, -0.2) is 31.1 Å². The van der Waals surface area contributed by atoms with E-state index in [4.69, 9.17) is 0 Å². The first-order valence-electron chi connectivity index (χ1n) is 7.92. The van der Waals surface area contributed by atoms with Crippen molar-refractivity contribution in [2.75, 3.05) is 26.2 Å². The van der Waals surface area contributed by atoms with E-state index in [1.807, 2.05) is 0 Å². The molecule has 1 saturated carbocycles. The van der Waals surface area contributed by atoms with E-state index < -0.39 is 0 Å². The minimum Gasteiger partial charge on any atom is -0.309 e. The lowest BCUT2D eigenvalue weighted by atomic mass is 10.1. The highest BCUT2D eigenvalue weighted by Crippen LogP contribution is 2.33. The topological polar surface area (TPSA) is 15.3 Å². The van der Waals surface area contributed by atoms with E-state index in [1.54, 1.807) is 0 Å². The van der Waals surface area contributed by atoms with Crippen LogP contribution < -0.4 is 5.32 Å². The zero-order chi connectivity index (χ0) is 12.9. The van der Waals surface area contributed by atoms with Crippen molar-refractivity contribution >= 4 is 0 Å². The summed E-state index contributed by atoms with van der Waals surface area (Å²) in [5, 5.41) is 3.70. The zero-order valence-electron chi connectivity index (χ0n) is 11.9. The summed E-state index contributed by atoms with van der Waals surface area (Å²) in [5.74, 6) is 1.08. The van der Waals surface area contributed by atoms with E-state index in [9.17, 15) is 0 Å². The van der Waals surface area contributed by atoms with Crippen molar-refractivity contribution in [1.29, 1.82) is 0 Å². The molecule has 1 heterocycles. The first-order valence-corrected chi connectivity index (χ1v) is 7.92. The lowest BCUT2D eigenvalue weighted by molar-refractivity contribution is 0.261. The van der Waals surface area contributed by atoms with Crippen LogP contribution in [0, 0.1) is 5.92 Å². The molecule has 1 atom stereocenters. The Morgan fingerprint density at radius 1 is 1.16 bits per heavy atom. The van der Waals surface area contributed by atoms with Crippen molar-refractivity contribution in [3.8, 4) is 0 Å². The Balaban J connectivity index is 1.53. The van der Waals surface area contributed by atoms with Crippen LogP contribution in [0.1, 0.15) is 43.7 Å². The molecule has 0 radical (unpaired) electrons. The monoisotopic (exact) mass is 258 g/mol. The molecule has 0 aromatic heterocycles. The average molecular weight is 258 g/mol. The van der Waals surface area contributed by atoms with Gasteiger partial charge in [-0.25, -0.2) is 0 Å². The molecule has 104 valence electrons. The molecule has 0 amide bonds. The highest BCUT2D eigenvalue weighted by Gasteiger charge is 2.22. The van der Waals surface area contributed by atoms with Gasteiger partial charge in [0.25, 0.3) is 0 Å². The minimum atomic E-state index is 0.518. The largest absolute Gasteiger partial charge is 0.309 e. The van der Waals surface area contributed by atoms with Gasteiger partial charge in [0.05, 0.1) is 0 Å². The number of hydrogen-bond acceptors (Lipinski definition) is 2. The van der Waals surface area contributed by atoms with Crippen molar-refractivity contribution in [2.24, 2.45) is 5.92 Å². The maximum Gasteiger partial charge on any atom is 0.0449 e. The molecule has 2 fully saturated rings. The van der Waals surface area contributed by atoms with Crippen LogP contribution in [0.25, 0.3) is 0 Å². The second-order valence-corrected chi connectivity index (χ2v) is 6.16. The van der Waals surface area contributed by atoms with Crippen molar-refractivity contribution in [3.05, 3.63) is 35.9 Å². The van der Waals surface area contributed by atoms with Crippen LogP contribution in [0.4, 0.5) is 0 Å². The smallest absolute Gasteiger partial charge is 0.0449 e. The molecule has 2 heteroatoms. The number of rotatable bonds is 5. The number of hydrogen-bond donors (Lipinski definition) is 1. The van der Waals surface area contributed by atoms with E-state index in [0.29, 0.717) is 6.04 Å². The van der Waals surface area contributed by atoms with Gasteiger partial charge in [0.15, 0.2) is 0 Å². The first kappa shape index (κ1) is 13.1. The number of nitrogens with zero attached hydrogens (tertiary/aromatic N) is 1. The van der Waals surface area contributed by atoms with Gasteiger partial charge >= 0.3 is 0 Å². The third kappa shape index (κ3) is 4.05. The lowest BCUT2D eigenvalue weighted by Crippen LogP contribution is -2.32. The highest BCUT2D eigenvalue weighted by molar-refractivity contribution is 5.19. The van der Waals surface area contributed by atoms with E-state index in [1.165, 1.54) is 57.3 Å². The van der Waals surface area contributed by atoms with Gasteiger partial charge < -0.3 is 10.2 Å². The summed E-state index contributed by atoms with van der Waals surface area (Å²) in [6, 6.07) is 11.4. The van der Waals surface area contributed by atoms with Gasteiger partial charge in [-0.1, -0.05) is 43.2 Å². The number of nitrogens with one attached hydrogen (secondary N) is 1. The fourth-order valence-electron chi connectivity index (χ4n) is 3.11. The van der Waals surface area contributed by atoms with Gasteiger partial charge in [-0.2, -0.15) is 0 Å². The summed E-state index contributed by atoms with van der Waals surface area (Å²) < 4.78 is 0. The summed E-state index contributed by atoms with van der Waals surface area (Å²) in [5.41, 5.74) is 1.44. The van der Waals surface area contributed by atoms with E-state index in [2.05, 4.69) is 40.5 Å². The minimum absolute atomic E-state index is 0.518. The Kier molecular flexibility index (Phi) is 4.52. The van der Waals surface area contributed by atoms with Gasteiger partial charge in [0, 0.05) is 12.6 Å². The van der Waals surface area contributed by atoms with Gasteiger partial charge in [-0.3, -0.25) is 0 Å². The molecule has 0 spiro atoms. The summed E-state index contributed by atoms with van der Waals surface area (Å²) in [6.07, 6.45) is 7.13. The summed E-state index contributed by atoms with van der Waals surface area (Å²) >= 11 is 0. The van der Waals surface area contributed by atoms with Crippen molar-refractivity contribution in [2.45, 2.75) is 38.1 Å². The van der Waals surface area contributed by atoms with Crippen molar-refractivity contribution in [3.63, 3.8) is 0 Å². The normalized spacial score (nSPS) is 25.2. The van der Waals surface area contributed by atoms with E-state index in [0.717, 1.165) is 12.5 Å². The molecule has 1 unspecified atom stereocenters. The fourth-order valence-corrected chi connectivity index (χ4v) is 3.11. The van der Waals surface area contributed by atoms with E-state index in [-0.39, 0.29) is 0 Å². The van der Waals surface area contributed by atoms with Gasteiger partial charge in [-0.15, -0.1) is 0 Å². The third-order valence-corrected chi connectivity index (χ3v) is 4.47. The second-order valence-electron chi connectivity index (χ2n) is 6.16. The Morgan fingerprint density at radius 3 is 2.79 bits per heavy atom. The molecule has 1 N–H and O–H groups in total. The molecule has 2 aliphatic rings. The third-order valence-electron chi connectivity index (χ3n) is 4.47.